The van der Waals surface area contributed by atoms with Crippen molar-refractivity contribution in [1.29, 1.82) is 0 Å². The highest BCUT2D eigenvalue weighted by molar-refractivity contribution is 5.84. The normalized spacial score (nSPS) is 10.1. The van der Waals surface area contributed by atoms with Crippen molar-refractivity contribution in [2.24, 2.45) is 0 Å². The van der Waals surface area contributed by atoms with Gasteiger partial charge in [-0.3, -0.25) is 0 Å². The van der Waals surface area contributed by atoms with Gasteiger partial charge in [0.25, 0.3) is 0 Å². The molecule has 84 valence electrons. The van der Waals surface area contributed by atoms with Crippen molar-refractivity contribution >= 4 is 12.0 Å². The third kappa shape index (κ3) is 3.23. The number of hydrogen-bond donors (Lipinski definition) is 0. The molecule has 6 heteroatoms. The maximum Gasteiger partial charge on any atom is 0.396 e. The van der Waals surface area contributed by atoms with Crippen LogP contribution in [0.4, 0.5) is 6.01 Å². The van der Waals surface area contributed by atoms with Crippen molar-refractivity contribution < 1.29 is 13.9 Å². The van der Waals surface area contributed by atoms with Gasteiger partial charge in [-0.05, 0) is 6.42 Å². The van der Waals surface area contributed by atoms with Gasteiger partial charge in [0.2, 0.25) is 0 Å². The number of ether oxygens (including phenoxy) is 1. The summed E-state index contributed by atoms with van der Waals surface area (Å²) in [7, 11) is 3.50. The molecule has 15 heavy (non-hydrogen) atoms. The number of anilines is 1. The quantitative estimate of drug-likeness (QED) is 0.538. The van der Waals surface area contributed by atoms with Gasteiger partial charge in [-0.1, -0.05) is 23.5 Å². The molecule has 0 aliphatic carbocycles. The first kappa shape index (κ1) is 11.5. The molecule has 0 unspecified atom stereocenters. The van der Waals surface area contributed by atoms with Gasteiger partial charge in [0.15, 0.2) is 0 Å². The molecule has 1 aromatic heterocycles. The first-order valence-corrected chi connectivity index (χ1v) is 4.83. The van der Waals surface area contributed by atoms with Crippen LogP contribution < -0.4 is 4.90 Å². The zero-order valence-corrected chi connectivity index (χ0v) is 9.19. The standard InChI is InChI=1S/C9H15N3O3/c1-4-5-6-14-8(13)7-10-11-9(15-7)12(2)3/h4-6H2,1-3H3. The predicted octanol–water partition coefficient (Wildman–Crippen LogP) is 1.09. The highest BCUT2D eigenvalue weighted by Crippen LogP contribution is 2.09. The minimum atomic E-state index is -0.566. The molecule has 1 heterocycles. The average molecular weight is 213 g/mol. The van der Waals surface area contributed by atoms with E-state index < -0.39 is 5.97 Å². The summed E-state index contributed by atoms with van der Waals surface area (Å²) >= 11 is 0. The summed E-state index contributed by atoms with van der Waals surface area (Å²) in [6.45, 7) is 2.40. The van der Waals surface area contributed by atoms with E-state index in [1.165, 1.54) is 0 Å². The fraction of sp³-hybridized carbons (Fsp3) is 0.667. The summed E-state index contributed by atoms with van der Waals surface area (Å²) in [5, 5.41) is 7.26. The highest BCUT2D eigenvalue weighted by Gasteiger charge is 2.16. The lowest BCUT2D eigenvalue weighted by Crippen LogP contribution is -2.08. The lowest BCUT2D eigenvalue weighted by molar-refractivity contribution is 0.0455. The second kappa shape index (κ2) is 5.33. The Balaban J connectivity index is 2.51. The molecule has 0 atom stereocenters. The summed E-state index contributed by atoms with van der Waals surface area (Å²) < 4.78 is 9.97. The summed E-state index contributed by atoms with van der Waals surface area (Å²) in [6, 6.07) is 0.289. The largest absolute Gasteiger partial charge is 0.459 e. The van der Waals surface area contributed by atoms with Gasteiger partial charge in [-0.15, -0.1) is 0 Å². The Hall–Kier alpha value is -1.59. The van der Waals surface area contributed by atoms with Gasteiger partial charge >= 0.3 is 17.9 Å². The molecular formula is C9H15N3O3. The number of esters is 1. The zero-order chi connectivity index (χ0) is 11.3. The van der Waals surface area contributed by atoms with Gasteiger partial charge in [0.1, 0.15) is 0 Å². The van der Waals surface area contributed by atoms with Crippen molar-refractivity contribution in [2.45, 2.75) is 19.8 Å². The van der Waals surface area contributed by atoms with Crippen LogP contribution in [-0.2, 0) is 4.74 Å². The van der Waals surface area contributed by atoms with E-state index in [4.69, 9.17) is 9.15 Å². The Labute approximate surface area is 88.2 Å². The number of carbonyl (C=O) groups is 1. The first-order valence-electron chi connectivity index (χ1n) is 4.83. The van der Waals surface area contributed by atoms with Crippen LogP contribution in [-0.4, -0.2) is 36.9 Å². The number of rotatable bonds is 5. The van der Waals surface area contributed by atoms with Crippen molar-refractivity contribution in [3.63, 3.8) is 0 Å². The molecule has 0 saturated heterocycles. The third-order valence-electron chi connectivity index (χ3n) is 1.70. The summed E-state index contributed by atoms with van der Waals surface area (Å²) in [6.07, 6.45) is 1.81. The van der Waals surface area contributed by atoms with Gasteiger partial charge in [-0.25, -0.2) is 4.79 Å². The Morgan fingerprint density at radius 1 is 1.47 bits per heavy atom. The van der Waals surface area contributed by atoms with Crippen LogP contribution in [0.25, 0.3) is 0 Å². The molecule has 0 amide bonds. The molecule has 0 radical (unpaired) electrons. The van der Waals surface area contributed by atoms with Crippen molar-refractivity contribution in [3.05, 3.63) is 5.89 Å². The van der Waals surface area contributed by atoms with Crippen molar-refractivity contribution in [1.82, 2.24) is 10.2 Å². The van der Waals surface area contributed by atoms with Crippen LogP contribution in [0.2, 0.25) is 0 Å². The molecule has 6 nitrogen and oxygen atoms in total. The molecule has 0 fully saturated rings. The number of aromatic nitrogens is 2. The Morgan fingerprint density at radius 2 is 2.20 bits per heavy atom. The Morgan fingerprint density at radius 3 is 2.73 bits per heavy atom. The lowest BCUT2D eigenvalue weighted by Gasteiger charge is -2.03. The Kier molecular flexibility index (Phi) is 4.08. The number of nitrogens with zero attached hydrogens (tertiary/aromatic N) is 3. The molecular weight excluding hydrogens is 198 g/mol. The number of carbonyl (C=O) groups excluding carboxylic acids is 1. The molecule has 0 N–H and O–H groups in total. The molecule has 0 bridgehead atoms. The zero-order valence-electron chi connectivity index (χ0n) is 9.19. The van der Waals surface area contributed by atoms with Crippen LogP contribution in [0.5, 0.6) is 0 Å². The van der Waals surface area contributed by atoms with E-state index >= 15 is 0 Å². The Bertz CT molecular complexity index is 322. The van der Waals surface area contributed by atoms with Crippen molar-refractivity contribution in [3.8, 4) is 0 Å². The summed E-state index contributed by atoms with van der Waals surface area (Å²) in [5.41, 5.74) is 0. The smallest absolute Gasteiger partial charge is 0.396 e. The maximum atomic E-state index is 11.3. The van der Waals surface area contributed by atoms with Crippen molar-refractivity contribution in [2.75, 3.05) is 25.6 Å². The highest BCUT2D eigenvalue weighted by atomic mass is 16.5. The predicted molar refractivity (Wildman–Crippen MR) is 53.8 cm³/mol. The minimum Gasteiger partial charge on any atom is -0.459 e. The molecule has 0 spiro atoms. The van der Waals surface area contributed by atoms with E-state index in [1.807, 2.05) is 6.92 Å². The molecule has 1 aromatic rings. The van der Waals surface area contributed by atoms with Gasteiger partial charge in [0, 0.05) is 14.1 Å². The molecule has 1 rings (SSSR count). The fourth-order valence-corrected chi connectivity index (χ4v) is 0.850. The molecule has 0 aromatic carbocycles. The average Bonchev–Trinajstić information content (AvgIpc) is 2.66. The van der Waals surface area contributed by atoms with Crippen LogP contribution in [0.3, 0.4) is 0 Å². The fourth-order valence-electron chi connectivity index (χ4n) is 0.850. The van der Waals surface area contributed by atoms with Crippen LogP contribution in [0.15, 0.2) is 4.42 Å². The maximum absolute atomic E-state index is 11.3. The number of unbranched alkanes of at least 4 members (excludes halogenated alkanes) is 1. The van der Waals surface area contributed by atoms with Crippen LogP contribution in [0, 0.1) is 0 Å². The van der Waals surface area contributed by atoms with Gasteiger partial charge < -0.3 is 14.1 Å². The molecule has 0 saturated carbocycles. The van der Waals surface area contributed by atoms with E-state index in [0.717, 1.165) is 12.8 Å². The van der Waals surface area contributed by atoms with E-state index in [2.05, 4.69) is 10.2 Å². The molecule has 0 aliphatic heterocycles. The summed E-state index contributed by atoms with van der Waals surface area (Å²) in [5.74, 6) is -0.668. The van der Waals surface area contributed by atoms with Crippen LogP contribution in [0.1, 0.15) is 30.5 Å². The van der Waals surface area contributed by atoms with E-state index in [1.54, 1.807) is 19.0 Å². The van der Waals surface area contributed by atoms with Gasteiger partial charge in [-0.2, -0.15) is 0 Å². The molecule has 0 aliphatic rings. The van der Waals surface area contributed by atoms with Gasteiger partial charge in [0.05, 0.1) is 6.61 Å². The van der Waals surface area contributed by atoms with E-state index in [9.17, 15) is 4.79 Å². The van der Waals surface area contributed by atoms with E-state index in [0.29, 0.717) is 6.61 Å². The summed E-state index contributed by atoms with van der Waals surface area (Å²) in [4.78, 5) is 12.9. The number of hydrogen-bond acceptors (Lipinski definition) is 6. The SMILES string of the molecule is CCCCOC(=O)c1nnc(N(C)C)o1. The third-order valence-corrected chi connectivity index (χ3v) is 1.70. The monoisotopic (exact) mass is 213 g/mol. The first-order chi connectivity index (χ1) is 7.15. The second-order valence-corrected chi connectivity index (χ2v) is 3.27. The second-order valence-electron chi connectivity index (χ2n) is 3.27. The topological polar surface area (TPSA) is 68.5 Å². The van der Waals surface area contributed by atoms with Crippen LogP contribution >= 0.6 is 0 Å². The lowest BCUT2D eigenvalue weighted by atomic mass is 10.4. The van der Waals surface area contributed by atoms with E-state index in [-0.39, 0.29) is 11.9 Å². The minimum absolute atomic E-state index is 0.102.